The van der Waals surface area contributed by atoms with Gasteiger partial charge >= 0.3 is 0 Å². The Morgan fingerprint density at radius 1 is 1.17 bits per heavy atom. The lowest BCUT2D eigenvalue weighted by Gasteiger charge is -2.14. The molecule has 1 aliphatic rings. The molecule has 6 heteroatoms. The van der Waals surface area contributed by atoms with Crippen molar-refractivity contribution in [3.8, 4) is 0 Å². The SMILES string of the molecule is Cc1ccc(NC(=O)CSCC(=O)NCC2=CCNCC2)cc1. The lowest BCUT2D eigenvalue weighted by Crippen LogP contribution is -2.31. The number of anilines is 1. The van der Waals surface area contributed by atoms with Gasteiger partial charge in [-0.05, 0) is 32.0 Å². The molecule has 0 bridgehead atoms. The molecule has 2 amide bonds. The van der Waals surface area contributed by atoms with Gasteiger partial charge in [-0.1, -0.05) is 29.3 Å². The van der Waals surface area contributed by atoms with Crippen molar-refractivity contribution in [1.82, 2.24) is 10.6 Å². The number of amides is 2. The molecule has 23 heavy (non-hydrogen) atoms. The molecule has 2 rings (SSSR count). The fourth-order valence-corrected chi connectivity index (χ4v) is 2.81. The van der Waals surface area contributed by atoms with E-state index in [1.165, 1.54) is 17.3 Å². The highest BCUT2D eigenvalue weighted by Crippen LogP contribution is 2.10. The Kier molecular flexibility index (Phi) is 7.16. The number of carbonyl (C=O) groups excluding carboxylic acids is 2. The molecule has 0 radical (unpaired) electrons. The quantitative estimate of drug-likeness (QED) is 0.664. The fraction of sp³-hybridized carbons (Fsp3) is 0.412. The van der Waals surface area contributed by atoms with Crippen LogP contribution in [0.4, 0.5) is 5.69 Å². The maximum atomic E-state index is 11.8. The number of hydrogen-bond acceptors (Lipinski definition) is 4. The van der Waals surface area contributed by atoms with Crippen molar-refractivity contribution in [2.75, 3.05) is 36.5 Å². The molecule has 0 atom stereocenters. The average Bonchev–Trinajstić information content (AvgIpc) is 2.56. The first-order valence-electron chi connectivity index (χ1n) is 7.73. The predicted molar refractivity (Wildman–Crippen MR) is 95.7 cm³/mol. The lowest BCUT2D eigenvalue weighted by molar-refractivity contribution is -0.118. The highest BCUT2D eigenvalue weighted by molar-refractivity contribution is 8.00. The number of carbonyl (C=O) groups is 2. The molecule has 0 saturated heterocycles. The largest absolute Gasteiger partial charge is 0.352 e. The smallest absolute Gasteiger partial charge is 0.234 e. The normalized spacial score (nSPS) is 14.0. The Balaban J connectivity index is 1.60. The molecule has 5 nitrogen and oxygen atoms in total. The van der Waals surface area contributed by atoms with Crippen molar-refractivity contribution in [2.24, 2.45) is 0 Å². The number of rotatable bonds is 7. The third kappa shape index (κ3) is 6.88. The van der Waals surface area contributed by atoms with Gasteiger partial charge in [0.2, 0.25) is 11.8 Å². The van der Waals surface area contributed by atoms with Crippen LogP contribution in [0, 0.1) is 6.92 Å². The third-order valence-electron chi connectivity index (χ3n) is 3.47. The van der Waals surface area contributed by atoms with E-state index in [0.717, 1.165) is 30.8 Å². The van der Waals surface area contributed by atoms with Gasteiger partial charge in [0.1, 0.15) is 0 Å². The summed E-state index contributed by atoms with van der Waals surface area (Å²) in [6.45, 7) is 4.45. The summed E-state index contributed by atoms with van der Waals surface area (Å²) < 4.78 is 0. The van der Waals surface area contributed by atoms with E-state index in [1.807, 2.05) is 31.2 Å². The standard InChI is InChI=1S/C17H23N3O2S/c1-13-2-4-15(5-3-13)20-17(22)12-23-11-16(21)19-10-14-6-8-18-9-7-14/h2-6,18H,7-12H2,1H3,(H,19,21)(H,20,22). The molecule has 1 aromatic rings. The van der Waals surface area contributed by atoms with E-state index < -0.39 is 0 Å². The highest BCUT2D eigenvalue weighted by atomic mass is 32.2. The van der Waals surface area contributed by atoms with Crippen molar-refractivity contribution in [2.45, 2.75) is 13.3 Å². The second kappa shape index (κ2) is 9.37. The number of thioether (sulfide) groups is 1. The first-order valence-corrected chi connectivity index (χ1v) is 8.88. The Morgan fingerprint density at radius 2 is 1.91 bits per heavy atom. The molecule has 3 N–H and O–H groups in total. The Hall–Kier alpha value is -1.79. The van der Waals surface area contributed by atoms with Crippen LogP contribution >= 0.6 is 11.8 Å². The van der Waals surface area contributed by atoms with E-state index in [2.05, 4.69) is 22.0 Å². The molecule has 1 heterocycles. The Labute approximate surface area is 141 Å². The van der Waals surface area contributed by atoms with Crippen molar-refractivity contribution in [3.63, 3.8) is 0 Å². The second-order valence-corrected chi connectivity index (χ2v) is 6.49. The van der Waals surface area contributed by atoms with Gasteiger partial charge in [-0.3, -0.25) is 9.59 Å². The summed E-state index contributed by atoms with van der Waals surface area (Å²) in [7, 11) is 0. The summed E-state index contributed by atoms with van der Waals surface area (Å²) in [5.74, 6) is 0.450. The van der Waals surface area contributed by atoms with Gasteiger partial charge in [-0.15, -0.1) is 11.8 Å². The summed E-state index contributed by atoms with van der Waals surface area (Å²) in [5, 5.41) is 8.95. The van der Waals surface area contributed by atoms with Gasteiger partial charge < -0.3 is 16.0 Å². The topological polar surface area (TPSA) is 70.2 Å². The van der Waals surface area contributed by atoms with Crippen LogP contribution in [0.3, 0.4) is 0 Å². The molecule has 124 valence electrons. The van der Waals surface area contributed by atoms with E-state index in [4.69, 9.17) is 0 Å². The van der Waals surface area contributed by atoms with Gasteiger partial charge in [0, 0.05) is 18.8 Å². The molecule has 1 aliphatic heterocycles. The van der Waals surface area contributed by atoms with Crippen molar-refractivity contribution < 1.29 is 9.59 Å². The molecule has 0 aliphatic carbocycles. The van der Waals surface area contributed by atoms with Crippen LogP contribution in [0.25, 0.3) is 0 Å². The molecule has 0 aromatic heterocycles. The molecule has 0 fully saturated rings. The van der Waals surface area contributed by atoms with Gasteiger partial charge in [-0.25, -0.2) is 0 Å². The molecule has 0 saturated carbocycles. The Bertz CT molecular complexity index is 570. The predicted octanol–water partition coefficient (Wildman–Crippen LogP) is 1.70. The molecular formula is C17H23N3O2S. The summed E-state index contributed by atoms with van der Waals surface area (Å²) in [6, 6.07) is 7.64. The van der Waals surface area contributed by atoms with Crippen molar-refractivity contribution >= 4 is 29.3 Å². The molecule has 1 aromatic carbocycles. The minimum absolute atomic E-state index is 0.0300. The maximum Gasteiger partial charge on any atom is 0.234 e. The van der Waals surface area contributed by atoms with E-state index in [-0.39, 0.29) is 17.6 Å². The van der Waals surface area contributed by atoms with E-state index in [9.17, 15) is 9.59 Å². The van der Waals surface area contributed by atoms with E-state index in [1.54, 1.807) is 0 Å². The summed E-state index contributed by atoms with van der Waals surface area (Å²) in [4.78, 5) is 23.6. The first-order chi connectivity index (χ1) is 11.1. The van der Waals surface area contributed by atoms with Gasteiger partial charge in [0.15, 0.2) is 0 Å². The Morgan fingerprint density at radius 3 is 2.61 bits per heavy atom. The molecular weight excluding hydrogens is 310 g/mol. The van der Waals surface area contributed by atoms with Gasteiger partial charge in [0.25, 0.3) is 0 Å². The third-order valence-corrected chi connectivity index (χ3v) is 4.40. The minimum atomic E-state index is -0.0901. The fourth-order valence-electron chi connectivity index (χ4n) is 2.16. The highest BCUT2D eigenvalue weighted by Gasteiger charge is 2.08. The summed E-state index contributed by atoms with van der Waals surface area (Å²) in [5.41, 5.74) is 3.20. The lowest BCUT2D eigenvalue weighted by atomic mass is 10.1. The van der Waals surface area contributed by atoms with Crippen LogP contribution in [-0.4, -0.2) is 43.0 Å². The monoisotopic (exact) mass is 333 g/mol. The van der Waals surface area contributed by atoms with Crippen LogP contribution in [0.1, 0.15) is 12.0 Å². The zero-order valence-electron chi connectivity index (χ0n) is 13.4. The van der Waals surface area contributed by atoms with Crippen LogP contribution in [0.2, 0.25) is 0 Å². The zero-order chi connectivity index (χ0) is 16.5. The van der Waals surface area contributed by atoms with Crippen LogP contribution in [0.15, 0.2) is 35.9 Å². The molecule has 0 spiro atoms. The average molecular weight is 333 g/mol. The maximum absolute atomic E-state index is 11.8. The van der Waals surface area contributed by atoms with Gasteiger partial charge in [-0.2, -0.15) is 0 Å². The number of aryl methyl sites for hydroxylation is 1. The summed E-state index contributed by atoms with van der Waals surface area (Å²) in [6.07, 6.45) is 3.10. The van der Waals surface area contributed by atoms with Crippen LogP contribution in [0.5, 0.6) is 0 Å². The number of hydrogen-bond donors (Lipinski definition) is 3. The van der Waals surface area contributed by atoms with Crippen molar-refractivity contribution in [3.05, 3.63) is 41.5 Å². The number of nitrogens with one attached hydrogen (secondary N) is 3. The second-order valence-electron chi connectivity index (χ2n) is 5.50. The minimum Gasteiger partial charge on any atom is -0.352 e. The van der Waals surface area contributed by atoms with E-state index >= 15 is 0 Å². The van der Waals surface area contributed by atoms with Gasteiger partial charge in [0.05, 0.1) is 11.5 Å². The van der Waals surface area contributed by atoms with Crippen LogP contribution < -0.4 is 16.0 Å². The zero-order valence-corrected chi connectivity index (χ0v) is 14.2. The van der Waals surface area contributed by atoms with E-state index in [0.29, 0.717) is 12.3 Å². The first kappa shape index (κ1) is 17.6. The van der Waals surface area contributed by atoms with Crippen LogP contribution in [-0.2, 0) is 9.59 Å². The summed E-state index contributed by atoms with van der Waals surface area (Å²) >= 11 is 1.32. The van der Waals surface area contributed by atoms with Crippen molar-refractivity contribution in [1.29, 1.82) is 0 Å². The number of benzene rings is 1. The molecule has 0 unspecified atom stereocenters.